The van der Waals surface area contributed by atoms with Crippen LogP contribution in [0.5, 0.6) is 0 Å². The van der Waals surface area contributed by atoms with Gasteiger partial charge >= 0.3 is 12.1 Å². The highest BCUT2D eigenvalue weighted by Crippen LogP contribution is 2.51. The number of hydrogen-bond donors (Lipinski definition) is 3. The second-order valence-corrected chi connectivity index (χ2v) is 13.4. The van der Waals surface area contributed by atoms with Crippen LogP contribution in [0.15, 0.2) is 0 Å². The highest BCUT2D eigenvalue weighted by molar-refractivity contribution is 5.94. The maximum absolute atomic E-state index is 14.0. The minimum absolute atomic E-state index is 0.0194. The molecule has 0 aromatic carbocycles. The Morgan fingerprint density at radius 3 is 2.15 bits per heavy atom. The maximum atomic E-state index is 14.0. The Bertz CT molecular complexity index is 1130. The Morgan fingerprint density at radius 2 is 1.66 bits per heavy atom. The third kappa shape index (κ3) is 6.78. The van der Waals surface area contributed by atoms with Crippen LogP contribution in [0.1, 0.15) is 78.6 Å². The molecule has 4 fully saturated rings. The third-order valence-electron chi connectivity index (χ3n) is 9.07. The molecule has 2 spiro atoms. The average molecular weight is 589 g/mol. The maximum Gasteiger partial charge on any atom is 0.471 e. The van der Waals surface area contributed by atoms with Crippen LogP contribution in [-0.2, 0) is 19.2 Å². The summed E-state index contributed by atoms with van der Waals surface area (Å²) in [7, 11) is 0. The van der Waals surface area contributed by atoms with Crippen LogP contribution in [0.4, 0.5) is 22.0 Å². The number of halogens is 5. The minimum atomic E-state index is -5.24. The number of terminal acetylenes is 1. The van der Waals surface area contributed by atoms with Crippen molar-refractivity contribution in [1.82, 2.24) is 20.9 Å². The molecule has 0 aromatic rings. The van der Waals surface area contributed by atoms with Gasteiger partial charge in [0.2, 0.25) is 23.6 Å². The van der Waals surface area contributed by atoms with E-state index < -0.39 is 77.5 Å². The van der Waals surface area contributed by atoms with Crippen LogP contribution in [-0.4, -0.2) is 70.8 Å². The fourth-order valence-corrected chi connectivity index (χ4v) is 6.43. The van der Waals surface area contributed by atoms with Crippen LogP contribution >= 0.6 is 0 Å². The lowest BCUT2D eigenvalue weighted by Crippen LogP contribution is -2.59. The summed E-state index contributed by atoms with van der Waals surface area (Å²) in [5, 5.41) is 7.44. The van der Waals surface area contributed by atoms with Gasteiger partial charge in [0.25, 0.3) is 0 Å². The third-order valence-corrected chi connectivity index (χ3v) is 9.07. The van der Waals surface area contributed by atoms with Gasteiger partial charge in [0, 0.05) is 30.8 Å². The number of likely N-dealkylation sites (tertiary alicyclic amines) is 1. The molecule has 2 saturated carbocycles. The van der Waals surface area contributed by atoms with E-state index in [0.717, 1.165) is 17.7 Å². The molecule has 0 radical (unpaired) electrons. The highest BCUT2D eigenvalue weighted by Gasteiger charge is 2.56. The van der Waals surface area contributed by atoms with Crippen molar-refractivity contribution in [2.75, 3.05) is 6.54 Å². The Labute approximate surface area is 235 Å². The molecule has 4 amide bonds. The van der Waals surface area contributed by atoms with E-state index in [1.54, 1.807) is 5.32 Å². The van der Waals surface area contributed by atoms with Gasteiger partial charge in [-0.1, -0.05) is 26.7 Å². The van der Waals surface area contributed by atoms with Crippen LogP contribution < -0.4 is 16.0 Å². The van der Waals surface area contributed by atoms with Gasteiger partial charge in [0.1, 0.15) is 12.1 Å². The summed E-state index contributed by atoms with van der Waals surface area (Å²) in [6, 6.07) is -3.71. The Hall–Kier alpha value is -2.91. The molecule has 2 aliphatic carbocycles. The topological polar surface area (TPSA) is 108 Å². The first-order valence-corrected chi connectivity index (χ1v) is 13.9. The van der Waals surface area contributed by atoms with E-state index in [4.69, 9.17) is 6.42 Å². The van der Waals surface area contributed by atoms with E-state index in [2.05, 4.69) is 16.6 Å². The van der Waals surface area contributed by atoms with Crippen LogP contribution in [0, 0.1) is 29.1 Å². The molecule has 0 aromatic heterocycles. The van der Waals surface area contributed by atoms with E-state index in [1.807, 2.05) is 0 Å². The number of alkyl halides is 5. The lowest BCUT2D eigenvalue weighted by Gasteiger charge is -2.38. The summed E-state index contributed by atoms with van der Waals surface area (Å²) in [4.78, 5) is 52.8. The number of carbonyl (C=O) groups excluding carboxylic acids is 4. The zero-order valence-corrected chi connectivity index (χ0v) is 23.4. The monoisotopic (exact) mass is 588 g/mol. The number of hydrogen-bond acceptors (Lipinski definition) is 4. The molecule has 4 rings (SSSR count). The van der Waals surface area contributed by atoms with Gasteiger partial charge in [-0.15, -0.1) is 6.42 Å². The molecule has 228 valence electrons. The van der Waals surface area contributed by atoms with Crippen molar-refractivity contribution in [2.24, 2.45) is 16.7 Å². The first-order valence-electron chi connectivity index (χ1n) is 13.9. The van der Waals surface area contributed by atoms with Crippen LogP contribution in [0.3, 0.4) is 0 Å². The summed E-state index contributed by atoms with van der Waals surface area (Å²) in [5.41, 5.74) is -2.21. The van der Waals surface area contributed by atoms with Crippen molar-refractivity contribution < 1.29 is 41.1 Å². The van der Waals surface area contributed by atoms with E-state index in [1.165, 1.54) is 20.8 Å². The molecule has 2 aliphatic heterocycles. The van der Waals surface area contributed by atoms with E-state index >= 15 is 0 Å². The largest absolute Gasteiger partial charge is 0.471 e. The molecule has 13 heteroatoms. The van der Waals surface area contributed by atoms with Gasteiger partial charge in [-0.2, -0.15) is 13.2 Å². The zero-order valence-electron chi connectivity index (χ0n) is 23.4. The molecule has 0 unspecified atom stereocenters. The lowest BCUT2D eigenvalue weighted by atomic mass is 9.71. The lowest BCUT2D eigenvalue weighted by molar-refractivity contribution is -0.176. The molecule has 8 nitrogen and oxygen atoms in total. The number of rotatable bonds is 6. The Morgan fingerprint density at radius 1 is 1.05 bits per heavy atom. The first kappa shape index (κ1) is 31.0. The van der Waals surface area contributed by atoms with Crippen molar-refractivity contribution in [3.63, 3.8) is 0 Å². The van der Waals surface area contributed by atoms with Crippen molar-refractivity contribution >= 4 is 23.6 Å². The fourth-order valence-electron chi connectivity index (χ4n) is 6.43. The molecular formula is C28H37F5N4O4. The number of carbonyl (C=O) groups is 4. The molecule has 2 heterocycles. The number of nitrogens with zero attached hydrogens (tertiary/aromatic N) is 1. The Balaban J connectivity index is 1.56. The summed E-state index contributed by atoms with van der Waals surface area (Å²) in [6.07, 6.45) is 2.12. The molecular weight excluding hydrogens is 551 g/mol. The average Bonchev–Trinajstić information content (AvgIpc) is 3.38. The normalized spacial score (nSPS) is 27.6. The second kappa shape index (κ2) is 10.4. The van der Waals surface area contributed by atoms with Crippen LogP contribution in [0.2, 0.25) is 0 Å². The minimum Gasteiger partial charge on any atom is -0.350 e. The molecule has 4 aliphatic rings. The van der Waals surface area contributed by atoms with Crippen molar-refractivity contribution in [3.05, 3.63) is 0 Å². The van der Waals surface area contributed by atoms with E-state index in [-0.39, 0.29) is 43.7 Å². The molecule has 3 N–H and O–H groups in total. The summed E-state index contributed by atoms with van der Waals surface area (Å²) in [6.45, 7) is 4.30. The zero-order chi connectivity index (χ0) is 30.6. The molecule has 4 atom stereocenters. The first-order chi connectivity index (χ1) is 18.8. The Kier molecular flexibility index (Phi) is 7.89. The van der Waals surface area contributed by atoms with Gasteiger partial charge in [0.15, 0.2) is 0 Å². The standard InChI is InChI=1S/C28H37F5N4O4/c1-5-17(12-16-13-26(8-9-26)36-20(16)38)34-21(39)18-14-25(6-10-27(29,30)11-7-25)15-37(18)22(40)19(24(2,3)4)35-23(41)28(31,32)33/h1,16-19H,6-15H2,2-4H3,(H,34,39)(H,35,41)(H,36,38)/t16-,17-,18+,19-/m1/s1. The van der Waals surface area contributed by atoms with E-state index in [9.17, 15) is 41.1 Å². The van der Waals surface area contributed by atoms with Crippen molar-refractivity contribution in [3.8, 4) is 12.3 Å². The van der Waals surface area contributed by atoms with Crippen LogP contribution in [0.25, 0.3) is 0 Å². The highest BCUT2D eigenvalue weighted by atomic mass is 19.4. The number of amides is 4. The summed E-state index contributed by atoms with van der Waals surface area (Å²) in [5.74, 6) is -4.85. The van der Waals surface area contributed by atoms with E-state index in [0.29, 0.717) is 6.42 Å². The van der Waals surface area contributed by atoms with Gasteiger partial charge in [-0.25, -0.2) is 8.78 Å². The summed E-state index contributed by atoms with van der Waals surface area (Å²) < 4.78 is 67.4. The second-order valence-electron chi connectivity index (χ2n) is 13.4. The fraction of sp³-hybridized carbons (Fsp3) is 0.786. The molecule has 2 saturated heterocycles. The van der Waals surface area contributed by atoms with Crippen molar-refractivity contribution in [1.29, 1.82) is 0 Å². The van der Waals surface area contributed by atoms with Gasteiger partial charge < -0.3 is 20.9 Å². The SMILES string of the molecule is C#C[C@H](C[C@@H]1CC2(CC2)NC1=O)NC(=O)[C@@H]1CC2(CCC(F)(F)CC2)CN1C(=O)[C@@H](NC(=O)C(F)(F)F)C(C)(C)C. The predicted octanol–water partition coefficient (Wildman–Crippen LogP) is 3.05. The van der Waals surface area contributed by atoms with Crippen molar-refractivity contribution in [2.45, 2.75) is 114 Å². The number of nitrogens with one attached hydrogen (secondary N) is 3. The predicted molar refractivity (Wildman–Crippen MR) is 137 cm³/mol. The quantitative estimate of drug-likeness (QED) is 0.328. The van der Waals surface area contributed by atoms with Gasteiger partial charge in [-0.05, 0) is 55.8 Å². The molecule has 41 heavy (non-hydrogen) atoms. The van der Waals surface area contributed by atoms with Gasteiger partial charge in [-0.3, -0.25) is 19.2 Å². The summed E-state index contributed by atoms with van der Waals surface area (Å²) >= 11 is 0. The molecule has 0 bridgehead atoms. The van der Waals surface area contributed by atoms with Gasteiger partial charge in [0.05, 0.1) is 6.04 Å². The smallest absolute Gasteiger partial charge is 0.350 e.